The maximum Gasteiger partial charge on any atom is 0.241 e. The van der Waals surface area contributed by atoms with E-state index < -0.39 is 0 Å². The molecule has 0 atom stereocenters. The summed E-state index contributed by atoms with van der Waals surface area (Å²) in [5.74, 6) is 1.50. The summed E-state index contributed by atoms with van der Waals surface area (Å²) in [7, 11) is 0. The van der Waals surface area contributed by atoms with Crippen molar-refractivity contribution in [3.63, 3.8) is 0 Å². The molecule has 1 aromatic heterocycles. The summed E-state index contributed by atoms with van der Waals surface area (Å²) in [6.45, 7) is 12.2. The molecule has 2 saturated heterocycles. The number of benzene rings is 2. The van der Waals surface area contributed by atoms with Crippen LogP contribution < -0.4 is 4.90 Å². The van der Waals surface area contributed by atoms with Gasteiger partial charge in [0.1, 0.15) is 0 Å². The quantitative estimate of drug-likeness (QED) is 0.544. The Morgan fingerprint density at radius 1 is 0.857 bits per heavy atom. The van der Waals surface area contributed by atoms with E-state index in [0.29, 0.717) is 24.8 Å². The highest BCUT2D eigenvalue weighted by Gasteiger charge is 2.25. The highest BCUT2D eigenvalue weighted by molar-refractivity contribution is 5.78. The molecule has 8 heteroatoms. The number of hydrogen-bond donors (Lipinski definition) is 0. The largest absolute Gasteiger partial charge is 0.368 e. The second-order valence-electron chi connectivity index (χ2n) is 9.64. The van der Waals surface area contributed by atoms with Crippen LogP contribution in [0.4, 0.5) is 5.69 Å². The first-order valence-electron chi connectivity index (χ1n) is 12.5. The van der Waals surface area contributed by atoms with Gasteiger partial charge in [-0.2, -0.15) is 4.98 Å². The smallest absolute Gasteiger partial charge is 0.241 e. The average molecular weight is 475 g/mol. The predicted octanol–water partition coefficient (Wildman–Crippen LogP) is 2.82. The van der Waals surface area contributed by atoms with E-state index in [0.717, 1.165) is 57.9 Å². The standard InChI is InChI=1S/C27H34N6O2/c1-21-6-8-23(9-7-21)27-28-25(35-29-27)19-30-10-12-31(13-11-30)20-26(34)33-16-14-32(15-17-33)24-5-3-4-22(2)18-24/h3-9,18H,10-17,19-20H2,1-2H3. The summed E-state index contributed by atoms with van der Waals surface area (Å²) >= 11 is 0. The Bertz CT molecular complexity index is 1130. The van der Waals surface area contributed by atoms with Gasteiger partial charge in [-0.1, -0.05) is 47.1 Å². The molecule has 0 saturated carbocycles. The number of aryl methyl sites for hydroxylation is 2. The molecule has 184 valence electrons. The average Bonchev–Trinajstić information content (AvgIpc) is 3.34. The molecule has 0 bridgehead atoms. The summed E-state index contributed by atoms with van der Waals surface area (Å²) < 4.78 is 5.49. The van der Waals surface area contributed by atoms with Gasteiger partial charge >= 0.3 is 0 Å². The Morgan fingerprint density at radius 2 is 1.57 bits per heavy atom. The van der Waals surface area contributed by atoms with E-state index in [9.17, 15) is 4.79 Å². The number of nitrogens with zero attached hydrogens (tertiary/aromatic N) is 6. The SMILES string of the molecule is Cc1ccc(-c2noc(CN3CCN(CC(=O)N4CCN(c5cccc(C)c5)CC4)CC3)n2)cc1. The molecule has 2 aliphatic rings. The van der Waals surface area contributed by atoms with Crippen LogP contribution in [-0.2, 0) is 11.3 Å². The van der Waals surface area contributed by atoms with Crippen molar-refractivity contribution in [2.75, 3.05) is 63.8 Å². The van der Waals surface area contributed by atoms with Gasteiger partial charge in [-0.15, -0.1) is 0 Å². The molecular weight excluding hydrogens is 440 g/mol. The number of amides is 1. The molecular formula is C27H34N6O2. The Kier molecular flexibility index (Phi) is 7.11. The summed E-state index contributed by atoms with van der Waals surface area (Å²) in [6, 6.07) is 16.7. The summed E-state index contributed by atoms with van der Waals surface area (Å²) in [4.78, 5) is 26.4. The molecule has 2 aliphatic heterocycles. The molecule has 0 radical (unpaired) electrons. The van der Waals surface area contributed by atoms with Crippen LogP contribution in [-0.4, -0.2) is 89.7 Å². The van der Waals surface area contributed by atoms with Crippen LogP contribution >= 0.6 is 0 Å². The first-order chi connectivity index (χ1) is 17.0. The zero-order chi connectivity index (χ0) is 24.2. The van der Waals surface area contributed by atoms with Crippen molar-refractivity contribution in [1.82, 2.24) is 24.8 Å². The van der Waals surface area contributed by atoms with Crippen molar-refractivity contribution in [1.29, 1.82) is 0 Å². The number of hydrogen-bond acceptors (Lipinski definition) is 7. The second-order valence-corrected chi connectivity index (χ2v) is 9.64. The van der Waals surface area contributed by atoms with Crippen molar-refractivity contribution in [3.05, 3.63) is 65.5 Å². The topological polar surface area (TPSA) is 69.0 Å². The van der Waals surface area contributed by atoms with Crippen LogP contribution in [0.5, 0.6) is 0 Å². The molecule has 35 heavy (non-hydrogen) atoms. The van der Waals surface area contributed by atoms with Crippen LogP contribution in [0.3, 0.4) is 0 Å². The normalized spacial score (nSPS) is 17.7. The summed E-state index contributed by atoms with van der Waals surface area (Å²) in [5, 5.41) is 4.14. The van der Waals surface area contributed by atoms with E-state index in [1.54, 1.807) is 0 Å². The van der Waals surface area contributed by atoms with E-state index in [-0.39, 0.29) is 5.91 Å². The van der Waals surface area contributed by atoms with E-state index in [4.69, 9.17) is 4.52 Å². The maximum absolute atomic E-state index is 12.9. The number of carbonyl (C=O) groups excluding carboxylic acids is 1. The van der Waals surface area contributed by atoms with Gasteiger partial charge < -0.3 is 14.3 Å². The fraction of sp³-hybridized carbons (Fsp3) is 0.444. The van der Waals surface area contributed by atoms with Crippen molar-refractivity contribution in [3.8, 4) is 11.4 Å². The minimum atomic E-state index is 0.238. The minimum Gasteiger partial charge on any atom is -0.368 e. The molecule has 8 nitrogen and oxygen atoms in total. The van der Waals surface area contributed by atoms with Crippen molar-refractivity contribution in [2.24, 2.45) is 0 Å². The third-order valence-electron chi connectivity index (χ3n) is 6.96. The number of anilines is 1. The van der Waals surface area contributed by atoms with Crippen molar-refractivity contribution < 1.29 is 9.32 Å². The van der Waals surface area contributed by atoms with Gasteiger partial charge in [0.05, 0.1) is 13.1 Å². The number of piperazine rings is 2. The lowest BCUT2D eigenvalue weighted by Crippen LogP contribution is -2.53. The van der Waals surface area contributed by atoms with Crippen LogP contribution in [0.15, 0.2) is 53.1 Å². The molecule has 1 amide bonds. The second kappa shape index (κ2) is 10.6. The van der Waals surface area contributed by atoms with Gasteiger partial charge in [-0.05, 0) is 31.5 Å². The number of aromatic nitrogens is 2. The fourth-order valence-electron chi connectivity index (χ4n) is 4.77. The fourth-order valence-corrected chi connectivity index (χ4v) is 4.77. The lowest BCUT2D eigenvalue weighted by atomic mass is 10.1. The molecule has 0 spiro atoms. The van der Waals surface area contributed by atoms with E-state index in [1.165, 1.54) is 16.8 Å². The minimum absolute atomic E-state index is 0.238. The highest BCUT2D eigenvalue weighted by atomic mass is 16.5. The zero-order valence-electron chi connectivity index (χ0n) is 20.7. The lowest BCUT2D eigenvalue weighted by molar-refractivity contribution is -0.133. The molecule has 2 aromatic carbocycles. The van der Waals surface area contributed by atoms with Crippen molar-refractivity contribution in [2.45, 2.75) is 20.4 Å². The molecule has 3 aromatic rings. The van der Waals surface area contributed by atoms with E-state index >= 15 is 0 Å². The molecule has 0 N–H and O–H groups in total. The van der Waals surface area contributed by atoms with Gasteiger partial charge in [0.25, 0.3) is 0 Å². The van der Waals surface area contributed by atoms with Gasteiger partial charge in [0.15, 0.2) is 0 Å². The highest BCUT2D eigenvalue weighted by Crippen LogP contribution is 2.19. The first kappa shape index (κ1) is 23.5. The molecule has 2 fully saturated rings. The van der Waals surface area contributed by atoms with Crippen LogP contribution in [0.25, 0.3) is 11.4 Å². The summed E-state index contributed by atoms with van der Waals surface area (Å²) in [5.41, 5.74) is 4.69. The van der Waals surface area contributed by atoms with E-state index in [1.807, 2.05) is 17.0 Å². The van der Waals surface area contributed by atoms with Crippen LogP contribution in [0, 0.1) is 13.8 Å². The van der Waals surface area contributed by atoms with Gasteiger partial charge in [0.2, 0.25) is 17.6 Å². The van der Waals surface area contributed by atoms with Gasteiger partial charge in [0, 0.05) is 63.6 Å². The maximum atomic E-state index is 12.9. The Labute approximate surface area is 207 Å². The van der Waals surface area contributed by atoms with Gasteiger partial charge in [-0.3, -0.25) is 14.6 Å². The number of rotatable bonds is 6. The monoisotopic (exact) mass is 474 g/mol. The first-order valence-corrected chi connectivity index (χ1v) is 12.5. The molecule has 0 aliphatic carbocycles. The predicted molar refractivity (Wildman–Crippen MR) is 136 cm³/mol. The van der Waals surface area contributed by atoms with Crippen LogP contribution in [0.2, 0.25) is 0 Å². The Morgan fingerprint density at radius 3 is 2.29 bits per heavy atom. The third-order valence-corrected chi connectivity index (χ3v) is 6.96. The lowest BCUT2D eigenvalue weighted by Gasteiger charge is -2.38. The van der Waals surface area contributed by atoms with Gasteiger partial charge in [-0.25, -0.2) is 0 Å². The Hall–Kier alpha value is -3.23. The zero-order valence-corrected chi connectivity index (χ0v) is 20.7. The third kappa shape index (κ3) is 5.89. The van der Waals surface area contributed by atoms with Crippen LogP contribution in [0.1, 0.15) is 17.0 Å². The van der Waals surface area contributed by atoms with Crippen molar-refractivity contribution >= 4 is 11.6 Å². The number of carbonyl (C=O) groups is 1. The van der Waals surface area contributed by atoms with E-state index in [2.05, 4.69) is 75.1 Å². The molecule has 5 rings (SSSR count). The molecule has 3 heterocycles. The summed E-state index contributed by atoms with van der Waals surface area (Å²) in [6.07, 6.45) is 0. The Balaban J connectivity index is 1.05. The molecule has 0 unspecified atom stereocenters.